The molecule has 0 atom stereocenters. The van der Waals surface area contributed by atoms with Gasteiger partial charge in [-0.25, -0.2) is 4.57 Å². The Bertz CT molecular complexity index is 2250. The SMILES string of the molecule is CC(C)(C)c1ccc(-c2cc(-c3ccccc3)ccc2OP(=O)(O)Oc2ccc(-c3ccccc3)cc2-c2ccc(C(C)(C)C)cc2C(C)(C)C)c(C(C)(C)C)c1. The zero-order valence-corrected chi connectivity index (χ0v) is 36.7. The first kappa shape index (κ1) is 41.7. The first-order chi connectivity index (χ1) is 26.5. The van der Waals surface area contributed by atoms with Gasteiger partial charge in [0.05, 0.1) is 0 Å². The normalized spacial score (nSPS) is 12.7. The highest BCUT2D eigenvalue weighted by Crippen LogP contribution is 2.52. The van der Waals surface area contributed by atoms with Gasteiger partial charge in [-0.15, -0.1) is 0 Å². The maximum atomic E-state index is 14.5. The van der Waals surface area contributed by atoms with E-state index in [1.807, 2.05) is 48.5 Å². The summed E-state index contributed by atoms with van der Waals surface area (Å²) in [5.74, 6) is 0.531. The Morgan fingerprint density at radius 3 is 1.05 bits per heavy atom. The van der Waals surface area contributed by atoms with Crippen molar-refractivity contribution in [2.45, 2.75) is 105 Å². The summed E-state index contributed by atoms with van der Waals surface area (Å²) in [4.78, 5) is 11.8. The minimum Gasteiger partial charge on any atom is -0.395 e. The van der Waals surface area contributed by atoms with Crippen LogP contribution in [-0.2, 0) is 26.2 Å². The highest BCUT2D eigenvalue weighted by atomic mass is 31.2. The largest absolute Gasteiger partial charge is 0.584 e. The van der Waals surface area contributed by atoms with Gasteiger partial charge in [0.2, 0.25) is 0 Å². The minimum absolute atomic E-state index is 0.0634. The molecule has 0 amide bonds. The van der Waals surface area contributed by atoms with Gasteiger partial charge in [0.15, 0.2) is 0 Å². The van der Waals surface area contributed by atoms with Crippen LogP contribution in [0.15, 0.2) is 133 Å². The van der Waals surface area contributed by atoms with Gasteiger partial charge in [0, 0.05) is 11.1 Å². The molecule has 296 valence electrons. The number of hydrogen-bond acceptors (Lipinski definition) is 3. The summed E-state index contributed by atoms with van der Waals surface area (Å²) >= 11 is 0. The summed E-state index contributed by atoms with van der Waals surface area (Å²) in [5, 5.41) is 0. The predicted octanol–water partition coefficient (Wildman–Crippen LogP) is 15.1. The van der Waals surface area contributed by atoms with Crippen molar-refractivity contribution in [3.63, 3.8) is 0 Å². The van der Waals surface area contributed by atoms with E-state index in [4.69, 9.17) is 9.05 Å². The van der Waals surface area contributed by atoms with Crippen LogP contribution < -0.4 is 9.05 Å². The molecule has 0 aliphatic rings. The summed E-state index contributed by atoms with van der Waals surface area (Å²) in [7, 11) is -4.79. The van der Waals surface area contributed by atoms with E-state index < -0.39 is 7.82 Å². The zero-order chi connectivity index (χ0) is 41.6. The topological polar surface area (TPSA) is 55.8 Å². The fourth-order valence-electron chi connectivity index (χ4n) is 7.26. The van der Waals surface area contributed by atoms with E-state index >= 15 is 0 Å². The highest BCUT2D eigenvalue weighted by Gasteiger charge is 2.32. The highest BCUT2D eigenvalue weighted by molar-refractivity contribution is 7.48. The molecule has 0 radical (unpaired) electrons. The van der Waals surface area contributed by atoms with Crippen molar-refractivity contribution in [1.29, 1.82) is 0 Å². The van der Waals surface area contributed by atoms with Gasteiger partial charge < -0.3 is 9.05 Å². The van der Waals surface area contributed by atoms with Gasteiger partial charge in [-0.2, -0.15) is 0 Å². The third kappa shape index (κ3) is 9.63. The molecule has 6 aromatic rings. The molecule has 0 spiro atoms. The van der Waals surface area contributed by atoms with Gasteiger partial charge in [0.1, 0.15) is 11.5 Å². The quantitative estimate of drug-likeness (QED) is 0.156. The summed E-state index contributed by atoms with van der Waals surface area (Å²) in [6, 6.07) is 44.9. The molecule has 0 saturated carbocycles. The van der Waals surface area contributed by atoms with Crippen LogP contribution in [0.1, 0.15) is 105 Å². The lowest BCUT2D eigenvalue weighted by Gasteiger charge is -2.29. The Morgan fingerprint density at radius 2 is 0.737 bits per heavy atom. The lowest BCUT2D eigenvalue weighted by Crippen LogP contribution is -2.17. The fourth-order valence-corrected chi connectivity index (χ4v) is 8.11. The van der Waals surface area contributed by atoms with Crippen LogP contribution in [0.4, 0.5) is 0 Å². The van der Waals surface area contributed by atoms with Crippen LogP contribution in [0, 0.1) is 0 Å². The van der Waals surface area contributed by atoms with E-state index in [0.29, 0.717) is 11.1 Å². The van der Waals surface area contributed by atoms with Gasteiger partial charge in [-0.1, -0.05) is 192 Å². The van der Waals surface area contributed by atoms with E-state index in [-0.39, 0.29) is 33.2 Å². The average Bonchev–Trinajstić information content (AvgIpc) is 3.13. The van der Waals surface area contributed by atoms with E-state index in [1.54, 1.807) is 12.1 Å². The lowest BCUT2D eigenvalue weighted by atomic mass is 9.77. The molecule has 0 heterocycles. The molecule has 4 nitrogen and oxygen atoms in total. The molecule has 0 aliphatic carbocycles. The minimum atomic E-state index is -4.79. The van der Waals surface area contributed by atoms with Crippen molar-refractivity contribution in [3.05, 3.63) is 156 Å². The second kappa shape index (κ2) is 15.5. The number of benzene rings is 6. The van der Waals surface area contributed by atoms with Gasteiger partial charge in [-0.05, 0) is 102 Å². The molecule has 5 heteroatoms. The Labute approximate surface area is 341 Å². The molecular formula is C52H59O4P. The molecule has 0 aliphatic heterocycles. The average molecular weight is 779 g/mol. The van der Waals surface area contributed by atoms with Crippen LogP contribution >= 0.6 is 7.82 Å². The van der Waals surface area contributed by atoms with Gasteiger partial charge in [0.25, 0.3) is 0 Å². The van der Waals surface area contributed by atoms with Crippen molar-refractivity contribution in [2.75, 3.05) is 0 Å². The van der Waals surface area contributed by atoms with Crippen LogP contribution in [0.5, 0.6) is 11.5 Å². The van der Waals surface area contributed by atoms with E-state index in [9.17, 15) is 9.46 Å². The van der Waals surface area contributed by atoms with E-state index in [2.05, 4.69) is 156 Å². The molecule has 1 N–H and O–H groups in total. The molecule has 0 fully saturated rings. The van der Waals surface area contributed by atoms with Crippen LogP contribution in [0.25, 0.3) is 44.5 Å². The molecule has 0 unspecified atom stereocenters. The second-order valence-corrected chi connectivity index (χ2v) is 20.6. The van der Waals surface area contributed by atoms with Gasteiger partial charge in [-0.3, -0.25) is 4.89 Å². The van der Waals surface area contributed by atoms with Crippen molar-refractivity contribution < 1.29 is 18.5 Å². The van der Waals surface area contributed by atoms with Gasteiger partial charge >= 0.3 is 7.82 Å². The fraction of sp³-hybridized carbons (Fsp3) is 0.308. The molecule has 0 aromatic heterocycles. The van der Waals surface area contributed by atoms with Crippen LogP contribution in [-0.4, -0.2) is 4.89 Å². The Morgan fingerprint density at radius 1 is 0.386 bits per heavy atom. The Balaban J connectivity index is 1.50. The van der Waals surface area contributed by atoms with Crippen LogP contribution in [0.2, 0.25) is 0 Å². The lowest BCUT2D eigenvalue weighted by molar-refractivity contribution is 0.291. The Kier molecular flexibility index (Phi) is 11.3. The number of rotatable bonds is 8. The zero-order valence-electron chi connectivity index (χ0n) is 35.8. The second-order valence-electron chi connectivity index (χ2n) is 19.3. The monoisotopic (exact) mass is 778 g/mol. The smallest absolute Gasteiger partial charge is 0.395 e. The molecule has 6 rings (SSSR count). The molecule has 57 heavy (non-hydrogen) atoms. The molecule has 0 bridgehead atoms. The number of phosphoric ester groups is 1. The summed E-state index contributed by atoms with van der Waals surface area (Å²) in [6.45, 7) is 26.4. The summed E-state index contributed by atoms with van der Waals surface area (Å²) in [6.07, 6.45) is 0. The van der Waals surface area contributed by atoms with Crippen molar-refractivity contribution in [3.8, 4) is 56.0 Å². The standard InChI is InChI=1S/C52H59O4P/c1-49(2,3)39-25-27-41(45(33-39)51(7,8)9)43-31-37(35-19-15-13-16-20-35)23-29-47(43)55-57(53,54)56-48-30-24-38(36-21-17-14-18-22-36)32-44(48)42-28-26-40(50(4,5)6)34-46(42)52(10,11)12/h13-34H,1-12H3,(H,53,54). The Hall–Kier alpha value is -4.89. The predicted molar refractivity (Wildman–Crippen MR) is 241 cm³/mol. The van der Waals surface area contributed by atoms with Crippen LogP contribution in [0.3, 0.4) is 0 Å². The molecular weight excluding hydrogens is 720 g/mol. The van der Waals surface area contributed by atoms with Crippen molar-refractivity contribution in [2.24, 2.45) is 0 Å². The third-order valence-electron chi connectivity index (χ3n) is 10.6. The molecule has 0 saturated heterocycles. The maximum absolute atomic E-state index is 14.5. The first-order valence-corrected chi connectivity index (χ1v) is 21.4. The number of phosphoric acid groups is 1. The summed E-state index contributed by atoms with van der Waals surface area (Å²) in [5.41, 5.74) is 11.4. The maximum Gasteiger partial charge on any atom is 0.584 e. The molecule has 6 aromatic carbocycles. The number of hydrogen-bond donors (Lipinski definition) is 1. The van der Waals surface area contributed by atoms with E-state index in [1.165, 1.54) is 11.1 Å². The van der Waals surface area contributed by atoms with E-state index in [0.717, 1.165) is 44.5 Å². The van der Waals surface area contributed by atoms with Crippen molar-refractivity contribution >= 4 is 7.82 Å². The van der Waals surface area contributed by atoms with Crippen molar-refractivity contribution in [1.82, 2.24) is 0 Å². The first-order valence-electron chi connectivity index (χ1n) is 19.9. The summed E-state index contributed by atoms with van der Waals surface area (Å²) < 4.78 is 26.9. The third-order valence-corrected chi connectivity index (χ3v) is 11.4.